The molecule has 1 rings (SSSR count). The van der Waals surface area contributed by atoms with Crippen LogP contribution in [-0.2, 0) is 11.3 Å². The number of nitrogens with zero attached hydrogens (tertiary/aromatic N) is 1. The molecule has 0 heterocycles. The summed E-state index contributed by atoms with van der Waals surface area (Å²) in [5.41, 5.74) is 0.352. The quantitative estimate of drug-likeness (QED) is 0.567. The molecule has 0 radical (unpaired) electrons. The van der Waals surface area contributed by atoms with Crippen LogP contribution in [0.15, 0.2) is 30.5 Å². The molecular formula is C14H17F2NO3. The molecule has 0 aliphatic rings. The zero-order valence-electron chi connectivity index (χ0n) is 11.4. The molecular weight excluding hydrogens is 268 g/mol. The monoisotopic (exact) mass is 285 g/mol. The standard InChI is InChI=1S/C14H17F2NO3/c1-3-10(2)14(4-5-17(18)19)20-9-11-6-12(15)8-13(16)7-11/h4-8,10,14H,3,9H2,1-2H3/b5-4+/t10-,14+/m0/s1. The van der Waals surface area contributed by atoms with Crippen LogP contribution in [-0.4, -0.2) is 11.0 Å². The summed E-state index contributed by atoms with van der Waals surface area (Å²) in [5.74, 6) is -1.29. The fourth-order valence-corrected chi connectivity index (χ4v) is 1.68. The Kier molecular flexibility index (Phi) is 6.24. The second-order valence-electron chi connectivity index (χ2n) is 4.57. The predicted octanol–water partition coefficient (Wildman–Crippen LogP) is 3.69. The Bertz CT molecular complexity index is 471. The molecule has 0 aromatic heterocycles. The van der Waals surface area contributed by atoms with Crippen LogP contribution < -0.4 is 0 Å². The van der Waals surface area contributed by atoms with Crippen molar-refractivity contribution in [3.05, 3.63) is 57.8 Å². The first-order chi connectivity index (χ1) is 9.42. The van der Waals surface area contributed by atoms with Crippen molar-refractivity contribution < 1.29 is 18.4 Å². The van der Waals surface area contributed by atoms with E-state index in [2.05, 4.69) is 0 Å². The Morgan fingerprint density at radius 1 is 1.35 bits per heavy atom. The summed E-state index contributed by atoms with van der Waals surface area (Å²) in [5, 5.41) is 10.3. The number of benzene rings is 1. The number of halogens is 2. The van der Waals surface area contributed by atoms with Gasteiger partial charge < -0.3 is 4.74 Å². The molecule has 6 heteroatoms. The van der Waals surface area contributed by atoms with E-state index in [1.54, 1.807) is 0 Å². The maximum Gasteiger partial charge on any atom is 0.233 e. The highest BCUT2D eigenvalue weighted by Crippen LogP contribution is 2.16. The van der Waals surface area contributed by atoms with Crippen LogP contribution in [0.1, 0.15) is 25.8 Å². The van der Waals surface area contributed by atoms with Gasteiger partial charge in [-0.3, -0.25) is 10.1 Å². The maximum absolute atomic E-state index is 13.0. The lowest BCUT2D eigenvalue weighted by Crippen LogP contribution is -2.19. The van der Waals surface area contributed by atoms with Crippen molar-refractivity contribution in [2.24, 2.45) is 5.92 Å². The molecule has 1 aromatic rings. The topological polar surface area (TPSA) is 52.4 Å². The highest BCUT2D eigenvalue weighted by molar-refractivity contribution is 5.17. The van der Waals surface area contributed by atoms with E-state index < -0.39 is 22.7 Å². The fourth-order valence-electron chi connectivity index (χ4n) is 1.68. The van der Waals surface area contributed by atoms with Crippen molar-refractivity contribution >= 4 is 0 Å². The minimum Gasteiger partial charge on any atom is -0.369 e. The van der Waals surface area contributed by atoms with E-state index in [9.17, 15) is 18.9 Å². The van der Waals surface area contributed by atoms with E-state index in [-0.39, 0.29) is 12.5 Å². The summed E-state index contributed by atoms with van der Waals surface area (Å²) in [6.07, 6.45) is 2.47. The molecule has 4 nitrogen and oxygen atoms in total. The summed E-state index contributed by atoms with van der Waals surface area (Å²) in [4.78, 5) is 9.77. The third kappa shape index (κ3) is 5.44. The van der Waals surface area contributed by atoms with Crippen molar-refractivity contribution in [1.29, 1.82) is 0 Å². The molecule has 0 unspecified atom stereocenters. The van der Waals surface area contributed by atoms with Crippen LogP contribution in [0.4, 0.5) is 8.78 Å². The average molecular weight is 285 g/mol. The maximum atomic E-state index is 13.0. The van der Waals surface area contributed by atoms with E-state index in [4.69, 9.17) is 4.74 Å². The number of hydrogen-bond acceptors (Lipinski definition) is 3. The van der Waals surface area contributed by atoms with Crippen LogP contribution in [0.25, 0.3) is 0 Å². The van der Waals surface area contributed by atoms with Crippen molar-refractivity contribution in [1.82, 2.24) is 0 Å². The molecule has 20 heavy (non-hydrogen) atoms. The number of hydrogen-bond donors (Lipinski definition) is 0. The summed E-state index contributed by atoms with van der Waals surface area (Å²) >= 11 is 0. The second-order valence-corrected chi connectivity index (χ2v) is 4.57. The largest absolute Gasteiger partial charge is 0.369 e. The predicted molar refractivity (Wildman–Crippen MR) is 70.5 cm³/mol. The minimum atomic E-state index is -0.676. The van der Waals surface area contributed by atoms with Gasteiger partial charge in [-0.05, 0) is 23.6 Å². The highest BCUT2D eigenvalue weighted by Gasteiger charge is 2.15. The molecule has 110 valence electrons. The first-order valence-electron chi connectivity index (χ1n) is 6.30. The van der Waals surface area contributed by atoms with Gasteiger partial charge in [-0.15, -0.1) is 0 Å². The first-order valence-corrected chi connectivity index (χ1v) is 6.30. The van der Waals surface area contributed by atoms with E-state index in [0.717, 1.165) is 18.7 Å². The van der Waals surface area contributed by atoms with Crippen molar-refractivity contribution in [2.75, 3.05) is 0 Å². The zero-order chi connectivity index (χ0) is 15.1. The van der Waals surface area contributed by atoms with Gasteiger partial charge >= 0.3 is 0 Å². The normalized spacial score (nSPS) is 14.4. The Hall–Kier alpha value is -1.82. The van der Waals surface area contributed by atoms with Gasteiger partial charge in [-0.1, -0.05) is 20.3 Å². The lowest BCUT2D eigenvalue weighted by molar-refractivity contribution is -0.403. The van der Waals surface area contributed by atoms with E-state index >= 15 is 0 Å². The first kappa shape index (κ1) is 16.2. The Labute approximate surface area is 116 Å². The molecule has 0 N–H and O–H groups in total. The molecule has 0 aliphatic carbocycles. The minimum absolute atomic E-state index is 0.00819. The van der Waals surface area contributed by atoms with Gasteiger partial charge in [0.05, 0.1) is 17.6 Å². The second kappa shape index (κ2) is 7.69. The van der Waals surface area contributed by atoms with Gasteiger partial charge in [-0.25, -0.2) is 8.78 Å². The van der Waals surface area contributed by atoms with Gasteiger partial charge in [0.25, 0.3) is 0 Å². The van der Waals surface area contributed by atoms with Crippen LogP contribution in [0, 0.1) is 27.7 Å². The number of rotatable bonds is 7. The van der Waals surface area contributed by atoms with Crippen LogP contribution in [0.5, 0.6) is 0 Å². The SMILES string of the molecule is CC[C@H](C)[C@@H](/C=C/[N+](=O)[O-])OCc1cc(F)cc(F)c1. The Morgan fingerprint density at radius 3 is 2.45 bits per heavy atom. The molecule has 0 bridgehead atoms. The van der Waals surface area contributed by atoms with E-state index in [1.165, 1.54) is 18.2 Å². The van der Waals surface area contributed by atoms with Crippen molar-refractivity contribution in [3.63, 3.8) is 0 Å². The molecule has 0 amide bonds. The zero-order valence-corrected chi connectivity index (χ0v) is 11.4. The van der Waals surface area contributed by atoms with Gasteiger partial charge in [0.2, 0.25) is 6.20 Å². The molecule has 0 saturated heterocycles. The number of ether oxygens (including phenoxy) is 1. The third-order valence-corrected chi connectivity index (χ3v) is 2.97. The summed E-state index contributed by atoms with van der Waals surface area (Å²) in [6.45, 7) is 3.82. The van der Waals surface area contributed by atoms with Gasteiger partial charge in [0, 0.05) is 12.1 Å². The Morgan fingerprint density at radius 2 is 1.95 bits per heavy atom. The van der Waals surface area contributed by atoms with Gasteiger partial charge in [0.15, 0.2) is 0 Å². The van der Waals surface area contributed by atoms with Crippen LogP contribution >= 0.6 is 0 Å². The van der Waals surface area contributed by atoms with Crippen LogP contribution in [0.2, 0.25) is 0 Å². The van der Waals surface area contributed by atoms with Gasteiger partial charge in [0.1, 0.15) is 11.6 Å². The summed E-state index contributed by atoms with van der Waals surface area (Å²) < 4.78 is 31.6. The lowest BCUT2D eigenvalue weighted by atomic mass is 10.0. The molecule has 0 spiro atoms. The average Bonchev–Trinajstić information content (AvgIpc) is 2.36. The highest BCUT2D eigenvalue weighted by atomic mass is 19.1. The molecule has 1 aromatic carbocycles. The fraction of sp³-hybridized carbons (Fsp3) is 0.429. The van der Waals surface area contributed by atoms with Crippen LogP contribution in [0.3, 0.4) is 0 Å². The van der Waals surface area contributed by atoms with E-state index in [0.29, 0.717) is 5.56 Å². The van der Waals surface area contributed by atoms with Crippen molar-refractivity contribution in [3.8, 4) is 0 Å². The summed E-state index contributed by atoms with van der Waals surface area (Å²) in [6, 6.07) is 3.13. The van der Waals surface area contributed by atoms with Gasteiger partial charge in [-0.2, -0.15) is 0 Å². The summed E-state index contributed by atoms with van der Waals surface area (Å²) in [7, 11) is 0. The Balaban J connectivity index is 2.72. The number of nitro groups is 1. The molecule has 0 fully saturated rings. The molecule has 0 saturated carbocycles. The molecule has 0 aliphatic heterocycles. The van der Waals surface area contributed by atoms with Crippen molar-refractivity contribution in [2.45, 2.75) is 33.0 Å². The lowest BCUT2D eigenvalue weighted by Gasteiger charge is -2.19. The van der Waals surface area contributed by atoms with E-state index in [1.807, 2.05) is 13.8 Å². The molecule has 2 atom stereocenters. The third-order valence-electron chi connectivity index (χ3n) is 2.97. The smallest absolute Gasteiger partial charge is 0.233 e.